The van der Waals surface area contributed by atoms with Gasteiger partial charge in [0.1, 0.15) is 5.69 Å². The van der Waals surface area contributed by atoms with Gasteiger partial charge in [0, 0.05) is 25.5 Å². The molecule has 2 aromatic rings. The lowest BCUT2D eigenvalue weighted by Crippen LogP contribution is -2.27. The predicted molar refractivity (Wildman–Crippen MR) is 89.2 cm³/mol. The Kier molecular flexibility index (Phi) is 5.47. The topological polar surface area (TPSA) is 58.1 Å². The first-order valence-electron chi connectivity index (χ1n) is 7.48. The van der Waals surface area contributed by atoms with Crippen LogP contribution in [-0.2, 0) is 0 Å². The number of anilines is 2. The lowest BCUT2D eigenvalue weighted by atomic mass is 10.1. The number of hydrogen-bond donors (Lipinski definition) is 1. The molecule has 22 heavy (non-hydrogen) atoms. The van der Waals surface area contributed by atoms with Crippen molar-refractivity contribution in [2.24, 2.45) is 5.92 Å². The van der Waals surface area contributed by atoms with Crippen molar-refractivity contribution in [3.8, 4) is 0 Å². The molecule has 1 aromatic carbocycles. The van der Waals surface area contributed by atoms with Crippen molar-refractivity contribution in [1.82, 2.24) is 9.97 Å². The van der Waals surface area contributed by atoms with Crippen LogP contribution in [0.1, 0.15) is 30.8 Å². The van der Waals surface area contributed by atoms with E-state index in [0.29, 0.717) is 17.6 Å². The number of nitrogens with one attached hydrogen (secondary N) is 1. The standard InChI is InChI=1S/C17H22N4O/c1-13(2)9-11-18-17-19-12-10-15(20-17)16(22)21(3)14-7-5-4-6-8-14/h4-8,10,12-13H,9,11H2,1-3H3,(H,18,19,20). The number of aromatic nitrogens is 2. The van der Waals surface area contributed by atoms with Crippen LogP contribution in [0.25, 0.3) is 0 Å². The molecule has 5 nitrogen and oxygen atoms in total. The molecule has 0 fully saturated rings. The first kappa shape index (κ1) is 15.9. The lowest BCUT2D eigenvalue weighted by Gasteiger charge is -2.17. The fourth-order valence-electron chi connectivity index (χ4n) is 1.98. The molecular weight excluding hydrogens is 276 g/mol. The fraction of sp³-hybridized carbons (Fsp3) is 0.353. The van der Waals surface area contributed by atoms with E-state index < -0.39 is 0 Å². The molecule has 5 heteroatoms. The highest BCUT2D eigenvalue weighted by Gasteiger charge is 2.15. The zero-order valence-electron chi connectivity index (χ0n) is 13.3. The van der Waals surface area contributed by atoms with Crippen molar-refractivity contribution in [2.45, 2.75) is 20.3 Å². The van der Waals surface area contributed by atoms with Crippen molar-refractivity contribution in [1.29, 1.82) is 0 Å². The number of carbonyl (C=O) groups excluding carboxylic acids is 1. The Balaban J connectivity index is 2.07. The summed E-state index contributed by atoms with van der Waals surface area (Å²) >= 11 is 0. The Bertz CT molecular complexity index is 613. The molecule has 2 rings (SSSR count). The Hall–Kier alpha value is -2.43. The minimum Gasteiger partial charge on any atom is -0.354 e. The number of benzene rings is 1. The van der Waals surface area contributed by atoms with E-state index in [9.17, 15) is 4.79 Å². The van der Waals surface area contributed by atoms with Gasteiger partial charge < -0.3 is 10.2 Å². The molecular formula is C17H22N4O. The van der Waals surface area contributed by atoms with Gasteiger partial charge in [-0.25, -0.2) is 9.97 Å². The lowest BCUT2D eigenvalue weighted by molar-refractivity contribution is 0.0988. The molecule has 1 aromatic heterocycles. The van der Waals surface area contributed by atoms with E-state index >= 15 is 0 Å². The highest BCUT2D eigenvalue weighted by molar-refractivity contribution is 6.04. The molecule has 0 spiro atoms. The Morgan fingerprint density at radius 2 is 1.95 bits per heavy atom. The molecule has 1 N–H and O–H groups in total. The van der Waals surface area contributed by atoms with E-state index in [4.69, 9.17) is 0 Å². The van der Waals surface area contributed by atoms with E-state index in [1.54, 1.807) is 24.2 Å². The summed E-state index contributed by atoms with van der Waals surface area (Å²) in [6, 6.07) is 11.1. The molecule has 116 valence electrons. The van der Waals surface area contributed by atoms with Gasteiger partial charge in [-0.05, 0) is 30.5 Å². The number of rotatable bonds is 6. The number of para-hydroxylation sites is 1. The van der Waals surface area contributed by atoms with Crippen molar-refractivity contribution in [3.05, 3.63) is 48.3 Å². The molecule has 0 saturated carbocycles. The number of hydrogen-bond acceptors (Lipinski definition) is 4. The summed E-state index contributed by atoms with van der Waals surface area (Å²) in [5.41, 5.74) is 1.22. The average Bonchev–Trinajstić information content (AvgIpc) is 2.54. The molecule has 0 atom stereocenters. The zero-order chi connectivity index (χ0) is 15.9. The monoisotopic (exact) mass is 298 g/mol. The van der Waals surface area contributed by atoms with Crippen LogP contribution in [0, 0.1) is 5.92 Å². The van der Waals surface area contributed by atoms with Crippen LogP contribution in [0.2, 0.25) is 0 Å². The molecule has 0 aliphatic rings. The Morgan fingerprint density at radius 1 is 1.23 bits per heavy atom. The first-order valence-corrected chi connectivity index (χ1v) is 7.48. The first-order chi connectivity index (χ1) is 10.6. The second-order valence-electron chi connectivity index (χ2n) is 5.57. The van der Waals surface area contributed by atoms with Crippen molar-refractivity contribution in [2.75, 3.05) is 23.8 Å². The maximum Gasteiger partial charge on any atom is 0.276 e. The van der Waals surface area contributed by atoms with Crippen LogP contribution < -0.4 is 10.2 Å². The third-order valence-corrected chi connectivity index (χ3v) is 3.33. The second-order valence-corrected chi connectivity index (χ2v) is 5.57. The van der Waals surface area contributed by atoms with Gasteiger partial charge in [0.15, 0.2) is 0 Å². The summed E-state index contributed by atoms with van der Waals surface area (Å²) in [5, 5.41) is 3.16. The van der Waals surface area contributed by atoms with Crippen molar-refractivity contribution in [3.63, 3.8) is 0 Å². The Labute approximate surface area is 131 Å². The molecule has 0 bridgehead atoms. The predicted octanol–water partition coefficient (Wildman–Crippen LogP) is 3.21. The molecule has 1 amide bonds. The van der Waals surface area contributed by atoms with Crippen molar-refractivity contribution < 1.29 is 4.79 Å². The molecule has 0 unspecified atom stereocenters. The zero-order valence-corrected chi connectivity index (χ0v) is 13.3. The Morgan fingerprint density at radius 3 is 2.64 bits per heavy atom. The normalized spacial score (nSPS) is 10.5. The summed E-state index contributed by atoms with van der Waals surface area (Å²) in [5.74, 6) is 0.954. The van der Waals surface area contributed by atoms with Gasteiger partial charge in [-0.15, -0.1) is 0 Å². The van der Waals surface area contributed by atoms with E-state index in [-0.39, 0.29) is 5.91 Å². The third kappa shape index (κ3) is 4.28. The van der Waals surface area contributed by atoms with Gasteiger partial charge in [0.25, 0.3) is 5.91 Å². The molecule has 0 radical (unpaired) electrons. The van der Waals surface area contributed by atoms with Gasteiger partial charge in [-0.1, -0.05) is 32.0 Å². The fourth-order valence-corrected chi connectivity index (χ4v) is 1.98. The molecule has 0 aliphatic heterocycles. The SMILES string of the molecule is CC(C)CCNc1nccc(C(=O)N(C)c2ccccc2)n1. The van der Waals surface area contributed by atoms with Crippen LogP contribution in [0.15, 0.2) is 42.6 Å². The van der Waals surface area contributed by atoms with Gasteiger partial charge in [-0.3, -0.25) is 4.79 Å². The number of amides is 1. The van der Waals surface area contributed by atoms with Crippen LogP contribution >= 0.6 is 0 Å². The van der Waals surface area contributed by atoms with Crippen molar-refractivity contribution >= 4 is 17.5 Å². The largest absolute Gasteiger partial charge is 0.354 e. The highest BCUT2D eigenvalue weighted by Crippen LogP contribution is 2.14. The molecule has 0 saturated heterocycles. The number of nitrogens with zero attached hydrogens (tertiary/aromatic N) is 3. The van der Waals surface area contributed by atoms with Gasteiger partial charge in [0.2, 0.25) is 5.95 Å². The second kappa shape index (κ2) is 7.54. The maximum atomic E-state index is 12.5. The molecule has 1 heterocycles. The number of carbonyl (C=O) groups is 1. The smallest absolute Gasteiger partial charge is 0.276 e. The van der Waals surface area contributed by atoms with E-state index in [0.717, 1.165) is 18.7 Å². The summed E-state index contributed by atoms with van der Waals surface area (Å²) < 4.78 is 0. The van der Waals surface area contributed by atoms with Crippen LogP contribution in [0.3, 0.4) is 0 Å². The van der Waals surface area contributed by atoms with Crippen LogP contribution in [-0.4, -0.2) is 29.5 Å². The van der Waals surface area contributed by atoms with Gasteiger partial charge in [-0.2, -0.15) is 0 Å². The van der Waals surface area contributed by atoms with Gasteiger partial charge >= 0.3 is 0 Å². The van der Waals surface area contributed by atoms with Gasteiger partial charge in [0.05, 0.1) is 0 Å². The molecule has 0 aliphatic carbocycles. The van der Waals surface area contributed by atoms with E-state index in [1.807, 2.05) is 30.3 Å². The summed E-state index contributed by atoms with van der Waals surface area (Å²) in [6.07, 6.45) is 2.64. The van der Waals surface area contributed by atoms with Crippen LogP contribution in [0.5, 0.6) is 0 Å². The third-order valence-electron chi connectivity index (χ3n) is 3.33. The average molecular weight is 298 g/mol. The van der Waals surface area contributed by atoms with E-state index in [1.165, 1.54) is 0 Å². The highest BCUT2D eigenvalue weighted by atomic mass is 16.2. The summed E-state index contributed by atoms with van der Waals surface area (Å²) in [7, 11) is 1.74. The minimum atomic E-state index is -0.152. The quantitative estimate of drug-likeness (QED) is 0.889. The minimum absolute atomic E-state index is 0.152. The maximum absolute atomic E-state index is 12.5. The summed E-state index contributed by atoms with van der Waals surface area (Å²) in [4.78, 5) is 22.5. The van der Waals surface area contributed by atoms with E-state index in [2.05, 4.69) is 29.1 Å². The summed E-state index contributed by atoms with van der Waals surface area (Å²) in [6.45, 7) is 5.12. The van der Waals surface area contributed by atoms with Crippen LogP contribution in [0.4, 0.5) is 11.6 Å².